The molecule has 3 aromatic rings. The quantitative estimate of drug-likeness (QED) is 0.664. The topological polar surface area (TPSA) is 112 Å². The number of pyridine rings is 1. The van der Waals surface area contributed by atoms with Gasteiger partial charge in [0.2, 0.25) is 0 Å². The SMILES string of the molecule is Cc1c(C#N)cccc1[C@@H](C)Nc1nnc(C)c2ncc(N3CCS(=O)(=O)CC3)cc12. The summed E-state index contributed by atoms with van der Waals surface area (Å²) in [6.45, 7) is 6.72. The van der Waals surface area contributed by atoms with Crippen molar-refractivity contribution >= 4 is 32.2 Å². The highest BCUT2D eigenvalue weighted by atomic mass is 32.2. The summed E-state index contributed by atoms with van der Waals surface area (Å²) in [5.74, 6) is 0.902. The number of aryl methyl sites for hydroxylation is 1. The minimum Gasteiger partial charge on any atom is -0.368 e. The van der Waals surface area contributed by atoms with Gasteiger partial charge in [-0.3, -0.25) is 4.98 Å². The summed E-state index contributed by atoms with van der Waals surface area (Å²) < 4.78 is 23.6. The fourth-order valence-electron chi connectivity index (χ4n) is 3.93. The Kier molecular flexibility index (Phi) is 5.50. The third kappa shape index (κ3) is 4.16. The van der Waals surface area contributed by atoms with E-state index < -0.39 is 9.84 Å². The lowest BCUT2D eigenvalue weighted by Crippen LogP contribution is -2.40. The Bertz CT molecular complexity index is 1290. The Balaban J connectivity index is 1.69. The number of nitrogens with one attached hydrogen (secondary N) is 1. The van der Waals surface area contributed by atoms with Gasteiger partial charge in [0.15, 0.2) is 15.7 Å². The summed E-state index contributed by atoms with van der Waals surface area (Å²) in [4.78, 5) is 6.64. The molecule has 0 amide bonds. The van der Waals surface area contributed by atoms with Gasteiger partial charge in [-0.1, -0.05) is 12.1 Å². The second kappa shape index (κ2) is 8.12. The van der Waals surface area contributed by atoms with Gasteiger partial charge in [0.25, 0.3) is 0 Å². The van der Waals surface area contributed by atoms with E-state index in [4.69, 9.17) is 0 Å². The lowest BCUT2D eigenvalue weighted by atomic mass is 9.98. The molecule has 0 saturated carbocycles. The molecule has 9 heteroatoms. The van der Waals surface area contributed by atoms with Gasteiger partial charge in [0.1, 0.15) is 0 Å². The van der Waals surface area contributed by atoms with Crippen LogP contribution < -0.4 is 10.2 Å². The van der Waals surface area contributed by atoms with Gasteiger partial charge < -0.3 is 10.2 Å². The third-order valence-corrected chi connectivity index (χ3v) is 7.41. The van der Waals surface area contributed by atoms with Gasteiger partial charge >= 0.3 is 0 Å². The summed E-state index contributed by atoms with van der Waals surface area (Å²) in [5, 5.41) is 22.2. The van der Waals surface area contributed by atoms with Crippen LogP contribution in [0.25, 0.3) is 10.9 Å². The van der Waals surface area contributed by atoms with Crippen molar-refractivity contribution in [2.45, 2.75) is 26.8 Å². The number of hydrogen-bond donors (Lipinski definition) is 1. The second-order valence-electron chi connectivity index (χ2n) is 7.86. The minimum atomic E-state index is -2.96. The zero-order valence-electron chi connectivity index (χ0n) is 17.8. The molecule has 4 rings (SSSR count). The Labute approximate surface area is 181 Å². The summed E-state index contributed by atoms with van der Waals surface area (Å²) in [7, 11) is -2.96. The lowest BCUT2D eigenvalue weighted by molar-refractivity contribution is 0.587. The number of anilines is 2. The van der Waals surface area contributed by atoms with E-state index in [0.717, 1.165) is 33.4 Å². The van der Waals surface area contributed by atoms with Crippen molar-refractivity contribution in [2.24, 2.45) is 0 Å². The molecule has 1 atom stereocenters. The van der Waals surface area contributed by atoms with E-state index in [1.54, 1.807) is 6.20 Å². The van der Waals surface area contributed by atoms with Crippen molar-refractivity contribution in [3.63, 3.8) is 0 Å². The fraction of sp³-hybridized carbons (Fsp3) is 0.364. The van der Waals surface area contributed by atoms with Gasteiger partial charge in [-0.2, -0.15) is 10.4 Å². The van der Waals surface area contributed by atoms with Crippen LogP contribution in [-0.2, 0) is 9.84 Å². The first-order valence-corrected chi connectivity index (χ1v) is 12.0. The van der Waals surface area contributed by atoms with E-state index in [0.29, 0.717) is 24.5 Å². The molecule has 160 valence electrons. The number of rotatable bonds is 4. The molecule has 0 unspecified atom stereocenters. The van der Waals surface area contributed by atoms with Crippen molar-refractivity contribution in [3.05, 3.63) is 52.8 Å². The molecule has 1 N–H and O–H groups in total. The fourth-order valence-corrected chi connectivity index (χ4v) is 5.13. The smallest absolute Gasteiger partial charge is 0.158 e. The largest absolute Gasteiger partial charge is 0.368 e. The van der Waals surface area contributed by atoms with E-state index in [-0.39, 0.29) is 17.5 Å². The van der Waals surface area contributed by atoms with Gasteiger partial charge in [-0.15, -0.1) is 5.10 Å². The van der Waals surface area contributed by atoms with Crippen LogP contribution in [0.2, 0.25) is 0 Å². The van der Waals surface area contributed by atoms with Crippen molar-refractivity contribution < 1.29 is 8.42 Å². The van der Waals surface area contributed by atoms with Crippen LogP contribution in [-0.4, -0.2) is 48.2 Å². The van der Waals surface area contributed by atoms with Crippen molar-refractivity contribution in [1.29, 1.82) is 5.26 Å². The first kappa shape index (κ1) is 21.0. The van der Waals surface area contributed by atoms with Crippen LogP contribution in [0, 0.1) is 25.2 Å². The van der Waals surface area contributed by atoms with Crippen molar-refractivity contribution in [1.82, 2.24) is 15.2 Å². The lowest BCUT2D eigenvalue weighted by Gasteiger charge is -2.28. The van der Waals surface area contributed by atoms with E-state index in [9.17, 15) is 13.7 Å². The Hall–Kier alpha value is -3.25. The maximum Gasteiger partial charge on any atom is 0.158 e. The molecule has 0 bridgehead atoms. The highest BCUT2D eigenvalue weighted by Crippen LogP contribution is 2.30. The van der Waals surface area contributed by atoms with Crippen LogP contribution in [0.15, 0.2) is 30.5 Å². The maximum atomic E-state index is 11.8. The Morgan fingerprint density at radius 3 is 2.65 bits per heavy atom. The molecule has 0 spiro atoms. The summed E-state index contributed by atoms with van der Waals surface area (Å²) >= 11 is 0. The monoisotopic (exact) mass is 436 g/mol. The molecular formula is C22H24N6O2S. The van der Waals surface area contributed by atoms with E-state index in [1.807, 2.05) is 49.9 Å². The Morgan fingerprint density at radius 1 is 1.19 bits per heavy atom. The number of fused-ring (bicyclic) bond motifs is 1. The molecule has 1 aliphatic rings. The zero-order valence-corrected chi connectivity index (χ0v) is 18.6. The predicted octanol–water partition coefficient (Wildman–Crippen LogP) is 2.92. The molecule has 1 aromatic carbocycles. The second-order valence-corrected chi connectivity index (χ2v) is 10.2. The predicted molar refractivity (Wildman–Crippen MR) is 121 cm³/mol. The molecule has 1 saturated heterocycles. The van der Waals surface area contributed by atoms with Crippen LogP contribution in [0.1, 0.15) is 35.3 Å². The molecule has 1 fully saturated rings. The first-order valence-electron chi connectivity index (χ1n) is 10.1. The summed E-state index contributed by atoms with van der Waals surface area (Å²) in [6.07, 6.45) is 1.77. The molecule has 1 aliphatic heterocycles. The van der Waals surface area contributed by atoms with Crippen LogP contribution in [0.3, 0.4) is 0 Å². The molecule has 31 heavy (non-hydrogen) atoms. The molecule has 0 radical (unpaired) electrons. The normalized spacial score (nSPS) is 16.6. The van der Waals surface area contributed by atoms with Gasteiger partial charge in [-0.25, -0.2) is 8.42 Å². The standard InChI is InChI=1S/C22H24N6O2S/c1-14-17(12-23)5-4-6-19(14)15(2)25-22-20-11-18(13-24-21(20)16(3)26-27-22)28-7-9-31(29,30)10-8-28/h4-6,11,13,15H,7-10H2,1-3H3,(H,25,27)/t15-/m1/s1. The Morgan fingerprint density at radius 2 is 1.94 bits per heavy atom. The zero-order chi connectivity index (χ0) is 22.2. The average Bonchev–Trinajstić information content (AvgIpc) is 2.75. The minimum absolute atomic E-state index is 0.0997. The highest BCUT2D eigenvalue weighted by molar-refractivity contribution is 7.91. The van der Waals surface area contributed by atoms with Crippen LogP contribution in [0.5, 0.6) is 0 Å². The first-order chi connectivity index (χ1) is 14.8. The number of aromatic nitrogens is 3. The number of hydrogen-bond acceptors (Lipinski definition) is 8. The molecular weight excluding hydrogens is 412 g/mol. The van der Waals surface area contributed by atoms with E-state index in [2.05, 4.69) is 26.6 Å². The molecule has 2 aromatic heterocycles. The van der Waals surface area contributed by atoms with E-state index in [1.165, 1.54) is 0 Å². The average molecular weight is 437 g/mol. The molecule has 3 heterocycles. The van der Waals surface area contributed by atoms with Gasteiger partial charge in [0, 0.05) is 18.5 Å². The van der Waals surface area contributed by atoms with Crippen molar-refractivity contribution in [3.8, 4) is 6.07 Å². The number of nitrogens with zero attached hydrogens (tertiary/aromatic N) is 5. The van der Waals surface area contributed by atoms with Crippen LogP contribution >= 0.6 is 0 Å². The van der Waals surface area contributed by atoms with Crippen LogP contribution in [0.4, 0.5) is 11.5 Å². The van der Waals surface area contributed by atoms with Gasteiger partial charge in [0.05, 0.1) is 52.3 Å². The number of nitriles is 1. The van der Waals surface area contributed by atoms with E-state index >= 15 is 0 Å². The van der Waals surface area contributed by atoms with Crippen molar-refractivity contribution in [2.75, 3.05) is 34.8 Å². The highest BCUT2D eigenvalue weighted by Gasteiger charge is 2.23. The van der Waals surface area contributed by atoms with Gasteiger partial charge in [-0.05, 0) is 44.0 Å². The molecule has 0 aliphatic carbocycles. The maximum absolute atomic E-state index is 11.8. The number of sulfone groups is 1. The summed E-state index contributed by atoms with van der Waals surface area (Å²) in [5.41, 5.74) is 4.94. The molecule has 8 nitrogen and oxygen atoms in total. The number of benzene rings is 1. The summed E-state index contributed by atoms with van der Waals surface area (Å²) in [6, 6.07) is 9.80. The third-order valence-electron chi connectivity index (χ3n) is 5.80.